The Hall–Kier alpha value is -1.69. The molecule has 0 atom stereocenters. The van der Waals surface area contributed by atoms with Crippen LogP contribution in [0.2, 0.25) is 0 Å². The van der Waals surface area contributed by atoms with Crippen LogP contribution in [0, 0.1) is 11.6 Å². The number of nitrogens with one attached hydrogen (secondary N) is 1. The van der Waals surface area contributed by atoms with E-state index in [4.69, 9.17) is 5.84 Å². The zero-order chi connectivity index (χ0) is 10.7. The van der Waals surface area contributed by atoms with Crippen LogP contribution in [-0.2, 0) is 0 Å². The number of halogens is 2. The van der Waals surface area contributed by atoms with Gasteiger partial charge in [0.25, 0.3) is 0 Å². The molecule has 0 saturated carbocycles. The summed E-state index contributed by atoms with van der Waals surface area (Å²) in [6, 6.07) is 2.21. The van der Waals surface area contributed by atoms with Crippen LogP contribution in [-0.4, -0.2) is 13.1 Å². The van der Waals surface area contributed by atoms with Crippen LogP contribution in [0.25, 0.3) is 0 Å². The third-order valence-electron chi connectivity index (χ3n) is 1.70. The summed E-state index contributed by atoms with van der Waals surface area (Å²) in [4.78, 5) is 11.9. The molecule has 0 heterocycles. The van der Waals surface area contributed by atoms with Gasteiger partial charge in [-0.1, -0.05) is 0 Å². The fraction of sp³-hybridized carbons (Fsp3) is 0.125. The molecule has 0 bridgehead atoms. The number of hydrogen-bond acceptors (Lipinski definition) is 2. The number of amides is 2. The predicted molar refractivity (Wildman–Crippen MR) is 47.5 cm³/mol. The number of benzene rings is 1. The lowest BCUT2D eigenvalue weighted by atomic mass is 10.3. The molecule has 1 rings (SSSR count). The molecule has 4 nitrogen and oxygen atoms in total. The average molecular weight is 201 g/mol. The van der Waals surface area contributed by atoms with Crippen LogP contribution in [0.1, 0.15) is 0 Å². The summed E-state index contributed by atoms with van der Waals surface area (Å²) in [6.45, 7) is 0. The summed E-state index contributed by atoms with van der Waals surface area (Å²) in [5.74, 6) is 3.33. The molecule has 14 heavy (non-hydrogen) atoms. The minimum Gasteiger partial charge on any atom is -0.294 e. The van der Waals surface area contributed by atoms with Crippen molar-refractivity contribution < 1.29 is 13.6 Å². The first-order chi connectivity index (χ1) is 6.56. The molecular weight excluding hydrogens is 192 g/mol. The molecule has 0 radical (unpaired) electrons. The van der Waals surface area contributed by atoms with E-state index in [1.165, 1.54) is 7.05 Å². The van der Waals surface area contributed by atoms with Gasteiger partial charge in [-0.2, -0.15) is 0 Å². The number of urea groups is 1. The van der Waals surface area contributed by atoms with Gasteiger partial charge in [-0.25, -0.2) is 19.4 Å². The molecule has 0 aromatic heterocycles. The highest BCUT2D eigenvalue weighted by molar-refractivity contribution is 5.90. The van der Waals surface area contributed by atoms with Crippen molar-refractivity contribution in [3.05, 3.63) is 29.8 Å². The lowest BCUT2D eigenvalue weighted by Crippen LogP contribution is -2.41. The summed E-state index contributed by atoms with van der Waals surface area (Å²) in [5.41, 5.74) is 1.78. The Morgan fingerprint density at radius 1 is 1.50 bits per heavy atom. The van der Waals surface area contributed by atoms with E-state index >= 15 is 0 Å². The number of hydrazine groups is 1. The van der Waals surface area contributed by atoms with E-state index in [9.17, 15) is 13.6 Å². The van der Waals surface area contributed by atoms with Crippen LogP contribution in [0.3, 0.4) is 0 Å². The van der Waals surface area contributed by atoms with E-state index in [1.54, 1.807) is 0 Å². The lowest BCUT2D eigenvalue weighted by molar-refractivity contribution is 0.247. The maximum Gasteiger partial charge on any atom is 0.335 e. The highest BCUT2D eigenvalue weighted by Crippen LogP contribution is 2.18. The molecular formula is C8H9F2N3O. The number of nitrogens with zero attached hydrogens (tertiary/aromatic N) is 1. The van der Waals surface area contributed by atoms with Gasteiger partial charge in [-0.3, -0.25) is 10.3 Å². The monoisotopic (exact) mass is 201 g/mol. The van der Waals surface area contributed by atoms with Gasteiger partial charge in [0.05, 0.1) is 5.69 Å². The molecule has 76 valence electrons. The Morgan fingerprint density at radius 2 is 2.14 bits per heavy atom. The van der Waals surface area contributed by atoms with Crippen molar-refractivity contribution >= 4 is 11.7 Å². The van der Waals surface area contributed by atoms with Crippen molar-refractivity contribution in [3.8, 4) is 0 Å². The van der Waals surface area contributed by atoms with Crippen LogP contribution < -0.4 is 16.2 Å². The summed E-state index contributed by atoms with van der Waals surface area (Å²) in [6.07, 6.45) is 0. The average Bonchev–Trinajstić information content (AvgIpc) is 2.15. The van der Waals surface area contributed by atoms with Crippen LogP contribution in [0.5, 0.6) is 0 Å². The molecule has 0 aliphatic carbocycles. The van der Waals surface area contributed by atoms with Gasteiger partial charge in [0, 0.05) is 13.1 Å². The minimum absolute atomic E-state index is 0.0469. The molecule has 1 aromatic carbocycles. The van der Waals surface area contributed by atoms with Crippen molar-refractivity contribution in [2.75, 3.05) is 11.9 Å². The molecule has 0 spiro atoms. The Morgan fingerprint density at radius 3 is 2.64 bits per heavy atom. The summed E-state index contributed by atoms with van der Waals surface area (Å²) >= 11 is 0. The van der Waals surface area contributed by atoms with Crippen molar-refractivity contribution in [1.29, 1.82) is 0 Å². The van der Waals surface area contributed by atoms with Crippen molar-refractivity contribution in [3.63, 3.8) is 0 Å². The number of hydrogen-bond donors (Lipinski definition) is 2. The van der Waals surface area contributed by atoms with Crippen molar-refractivity contribution in [1.82, 2.24) is 5.43 Å². The standard InChI is InChI=1S/C8H9F2N3O/c1-13(8(14)12-11)7-3-2-5(9)4-6(7)10/h2-4H,11H2,1H3,(H,12,14). The van der Waals surface area contributed by atoms with Crippen LogP contribution in [0.4, 0.5) is 19.3 Å². The zero-order valence-electron chi connectivity index (χ0n) is 7.42. The second kappa shape index (κ2) is 4.01. The van der Waals surface area contributed by atoms with Gasteiger partial charge in [0.1, 0.15) is 11.6 Å². The SMILES string of the molecule is CN(C(=O)NN)c1ccc(F)cc1F. The second-order valence-electron chi connectivity index (χ2n) is 2.60. The predicted octanol–water partition coefficient (Wildman–Crippen LogP) is 0.984. The van der Waals surface area contributed by atoms with E-state index in [0.29, 0.717) is 6.07 Å². The Labute approximate surface area is 79.3 Å². The summed E-state index contributed by atoms with van der Waals surface area (Å²) < 4.78 is 25.6. The Bertz CT molecular complexity index is 356. The van der Waals surface area contributed by atoms with Crippen LogP contribution in [0.15, 0.2) is 18.2 Å². The fourth-order valence-electron chi connectivity index (χ4n) is 0.960. The Kier molecular flexibility index (Phi) is 2.98. The number of carbonyl (C=O) groups excluding carboxylic acids is 1. The normalized spacial score (nSPS) is 9.71. The number of anilines is 1. The lowest BCUT2D eigenvalue weighted by Gasteiger charge is -2.16. The molecule has 0 saturated heterocycles. The van der Waals surface area contributed by atoms with E-state index in [0.717, 1.165) is 17.0 Å². The number of nitrogens with two attached hydrogens (primary N) is 1. The quantitative estimate of drug-likeness (QED) is 0.404. The molecule has 0 aliphatic rings. The van der Waals surface area contributed by atoms with Gasteiger partial charge >= 0.3 is 6.03 Å². The van der Waals surface area contributed by atoms with Gasteiger partial charge in [0.2, 0.25) is 0 Å². The summed E-state index contributed by atoms with van der Waals surface area (Å²) in [5, 5.41) is 0. The molecule has 6 heteroatoms. The number of carbonyl (C=O) groups is 1. The van der Waals surface area contributed by atoms with Gasteiger partial charge in [-0.05, 0) is 12.1 Å². The highest BCUT2D eigenvalue weighted by atomic mass is 19.1. The second-order valence-corrected chi connectivity index (χ2v) is 2.60. The van der Waals surface area contributed by atoms with Gasteiger partial charge < -0.3 is 0 Å². The molecule has 0 unspecified atom stereocenters. The third-order valence-corrected chi connectivity index (χ3v) is 1.70. The van der Waals surface area contributed by atoms with Gasteiger partial charge in [0.15, 0.2) is 0 Å². The maximum atomic E-state index is 13.1. The fourth-order valence-corrected chi connectivity index (χ4v) is 0.960. The maximum absolute atomic E-state index is 13.1. The first-order valence-electron chi connectivity index (χ1n) is 3.75. The van der Waals surface area contributed by atoms with Crippen LogP contribution >= 0.6 is 0 Å². The first kappa shape index (κ1) is 10.4. The minimum atomic E-state index is -0.823. The molecule has 1 aromatic rings. The molecule has 0 aliphatic heterocycles. The zero-order valence-corrected chi connectivity index (χ0v) is 7.42. The molecule has 0 fully saturated rings. The third kappa shape index (κ3) is 1.97. The summed E-state index contributed by atoms with van der Waals surface area (Å²) in [7, 11) is 1.32. The molecule has 3 N–H and O–H groups in total. The van der Waals surface area contributed by atoms with Crippen molar-refractivity contribution in [2.45, 2.75) is 0 Å². The van der Waals surface area contributed by atoms with Crippen molar-refractivity contribution in [2.24, 2.45) is 5.84 Å². The topological polar surface area (TPSA) is 58.4 Å². The number of rotatable bonds is 1. The van der Waals surface area contributed by atoms with E-state index < -0.39 is 17.7 Å². The first-order valence-corrected chi connectivity index (χ1v) is 3.75. The van der Waals surface area contributed by atoms with Gasteiger partial charge in [-0.15, -0.1) is 0 Å². The van der Waals surface area contributed by atoms with E-state index in [2.05, 4.69) is 0 Å². The largest absolute Gasteiger partial charge is 0.335 e. The smallest absolute Gasteiger partial charge is 0.294 e. The molecule has 2 amide bonds. The highest BCUT2D eigenvalue weighted by Gasteiger charge is 2.13. The van der Waals surface area contributed by atoms with E-state index in [1.807, 2.05) is 5.43 Å². The Balaban J connectivity index is 3.01. The van der Waals surface area contributed by atoms with E-state index in [-0.39, 0.29) is 5.69 Å².